The standard InChI is InChI=1S/C20H16F3N3O/c21-20(22,23)14-6-4-12(5-7-14)18-10-19(25-11-24-18)26-17-3-1-2-13-8-15(27)9-16(13)17/h1-7,10-11,15,27H,8-9H2,(H,24,25,26)/t15-/m1/s1. The molecule has 1 aliphatic carbocycles. The summed E-state index contributed by atoms with van der Waals surface area (Å²) in [4.78, 5) is 8.35. The molecule has 0 saturated carbocycles. The summed E-state index contributed by atoms with van der Waals surface area (Å²) >= 11 is 0. The van der Waals surface area contributed by atoms with Crippen molar-refractivity contribution in [3.05, 3.63) is 71.5 Å². The first kappa shape index (κ1) is 17.5. The van der Waals surface area contributed by atoms with Crippen LogP contribution < -0.4 is 5.32 Å². The minimum absolute atomic E-state index is 0.379. The Bertz CT molecular complexity index is 971. The fourth-order valence-electron chi connectivity index (χ4n) is 3.30. The summed E-state index contributed by atoms with van der Waals surface area (Å²) in [6.07, 6.45) is -2.17. The maximum Gasteiger partial charge on any atom is 0.416 e. The van der Waals surface area contributed by atoms with Gasteiger partial charge in [0, 0.05) is 23.7 Å². The lowest BCUT2D eigenvalue weighted by atomic mass is 10.1. The number of rotatable bonds is 3. The van der Waals surface area contributed by atoms with Crippen LogP contribution in [0.5, 0.6) is 0 Å². The molecule has 1 aliphatic rings. The van der Waals surface area contributed by atoms with Crippen molar-refractivity contribution < 1.29 is 18.3 Å². The highest BCUT2D eigenvalue weighted by molar-refractivity contribution is 5.68. The van der Waals surface area contributed by atoms with Gasteiger partial charge in [-0.1, -0.05) is 24.3 Å². The molecule has 0 radical (unpaired) electrons. The summed E-state index contributed by atoms with van der Waals surface area (Å²) in [5.74, 6) is 0.537. The average Bonchev–Trinajstić information content (AvgIpc) is 3.03. The average molecular weight is 371 g/mol. The van der Waals surface area contributed by atoms with Crippen LogP contribution >= 0.6 is 0 Å². The second-order valence-electron chi connectivity index (χ2n) is 6.49. The first-order chi connectivity index (χ1) is 12.9. The van der Waals surface area contributed by atoms with Crippen molar-refractivity contribution in [1.82, 2.24) is 9.97 Å². The Labute approximate surface area is 153 Å². The van der Waals surface area contributed by atoms with E-state index in [0.29, 0.717) is 29.9 Å². The molecule has 0 spiro atoms. The Morgan fingerprint density at radius 2 is 1.78 bits per heavy atom. The molecule has 0 saturated heterocycles. The fourth-order valence-corrected chi connectivity index (χ4v) is 3.30. The van der Waals surface area contributed by atoms with Gasteiger partial charge in [0.25, 0.3) is 0 Å². The van der Waals surface area contributed by atoms with E-state index < -0.39 is 11.7 Å². The molecule has 1 aromatic heterocycles. The number of halogens is 3. The topological polar surface area (TPSA) is 58.0 Å². The number of aromatic nitrogens is 2. The summed E-state index contributed by atoms with van der Waals surface area (Å²) in [5.41, 5.74) is 3.42. The van der Waals surface area contributed by atoms with Gasteiger partial charge in [0.15, 0.2) is 0 Å². The third kappa shape index (κ3) is 3.64. The number of nitrogens with zero attached hydrogens (tertiary/aromatic N) is 2. The van der Waals surface area contributed by atoms with E-state index in [1.54, 1.807) is 6.07 Å². The largest absolute Gasteiger partial charge is 0.416 e. The fraction of sp³-hybridized carbons (Fsp3) is 0.200. The number of aliphatic hydroxyl groups excluding tert-OH is 1. The number of hydrogen-bond donors (Lipinski definition) is 2. The third-order valence-corrected chi connectivity index (χ3v) is 4.61. The Morgan fingerprint density at radius 1 is 1.00 bits per heavy atom. The minimum Gasteiger partial charge on any atom is -0.392 e. The van der Waals surface area contributed by atoms with Gasteiger partial charge < -0.3 is 10.4 Å². The zero-order valence-electron chi connectivity index (χ0n) is 14.2. The lowest BCUT2D eigenvalue weighted by molar-refractivity contribution is -0.137. The Hall–Kier alpha value is -2.93. The van der Waals surface area contributed by atoms with Crippen LogP contribution in [-0.4, -0.2) is 21.2 Å². The maximum absolute atomic E-state index is 12.7. The number of fused-ring (bicyclic) bond motifs is 1. The van der Waals surface area contributed by atoms with Crippen LogP contribution in [0.3, 0.4) is 0 Å². The van der Waals surface area contributed by atoms with Crippen LogP contribution in [0.4, 0.5) is 24.7 Å². The molecular weight excluding hydrogens is 355 g/mol. The number of aliphatic hydroxyl groups is 1. The van der Waals surface area contributed by atoms with Gasteiger partial charge in [0.1, 0.15) is 12.1 Å². The Morgan fingerprint density at radius 3 is 2.52 bits per heavy atom. The molecule has 4 rings (SSSR count). The van der Waals surface area contributed by atoms with Crippen LogP contribution in [-0.2, 0) is 19.0 Å². The van der Waals surface area contributed by atoms with Gasteiger partial charge in [-0.25, -0.2) is 9.97 Å². The van der Waals surface area contributed by atoms with E-state index in [1.807, 2.05) is 18.2 Å². The molecule has 0 aliphatic heterocycles. The van der Waals surface area contributed by atoms with Crippen molar-refractivity contribution in [1.29, 1.82) is 0 Å². The molecule has 0 fully saturated rings. The van der Waals surface area contributed by atoms with Gasteiger partial charge in [-0.2, -0.15) is 13.2 Å². The predicted molar refractivity (Wildman–Crippen MR) is 95.6 cm³/mol. The molecule has 4 nitrogen and oxygen atoms in total. The molecule has 27 heavy (non-hydrogen) atoms. The predicted octanol–water partition coefficient (Wildman–Crippen LogP) is 4.37. The summed E-state index contributed by atoms with van der Waals surface area (Å²) in [6, 6.07) is 12.4. The zero-order chi connectivity index (χ0) is 19.0. The normalized spacial score (nSPS) is 16.2. The first-order valence-corrected chi connectivity index (χ1v) is 8.46. The van der Waals surface area contributed by atoms with E-state index >= 15 is 0 Å². The van der Waals surface area contributed by atoms with Gasteiger partial charge in [-0.3, -0.25) is 0 Å². The first-order valence-electron chi connectivity index (χ1n) is 8.46. The Kier molecular flexibility index (Phi) is 4.31. The van der Waals surface area contributed by atoms with Crippen molar-refractivity contribution >= 4 is 11.5 Å². The molecule has 2 N–H and O–H groups in total. The van der Waals surface area contributed by atoms with Crippen molar-refractivity contribution in [2.24, 2.45) is 0 Å². The van der Waals surface area contributed by atoms with Gasteiger partial charge in [0.2, 0.25) is 0 Å². The van der Waals surface area contributed by atoms with Crippen molar-refractivity contribution in [2.75, 3.05) is 5.32 Å². The second kappa shape index (κ2) is 6.66. The molecule has 7 heteroatoms. The van der Waals surface area contributed by atoms with Gasteiger partial charge >= 0.3 is 6.18 Å². The monoisotopic (exact) mass is 371 g/mol. The molecule has 2 aromatic carbocycles. The molecular formula is C20H16F3N3O. The number of anilines is 2. The summed E-state index contributed by atoms with van der Waals surface area (Å²) in [5, 5.41) is 13.1. The van der Waals surface area contributed by atoms with E-state index in [9.17, 15) is 18.3 Å². The summed E-state index contributed by atoms with van der Waals surface area (Å²) < 4.78 is 38.1. The van der Waals surface area contributed by atoms with E-state index in [0.717, 1.165) is 28.9 Å². The summed E-state index contributed by atoms with van der Waals surface area (Å²) in [6.45, 7) is 0. The van der Waals surface area contributed by atoms with Crippen LogP contribution in [0.25, 0.3) is 11.3 Å². The highest BCUT2D eigenvalue weighted by atomic mass is 19.4. The van der Waals surface area contributed by atoms with Gasteiger partial charge in [-0.05, 0) is 35.7 Å². The van der Waals surface area contributed by atoms with E-state index in [4.69, 9.17) is 0 Å². The molecule has 3 aromatic rings. The SMILES string of the molecule is O[C@@H]1Cc2cccc(Nc3cc(-c4ccc(C(F)(F)F)cc4)ncn3)c2C1. The minimum atomic E-state index is -4.37. The van der Waals surface area contributed by atoms with E-state index in [2.05, 4.69) is 15.3 Å². The molecule has 0 amide bonds. The zero-order valence-corrected chi connectivity index (χ0v) is 14.2. The van der Waals surface area contributed by atoms with Gasteiger partial charge in [0.05, 0.1) is 17.4 Å². The van der Waals surface area contributed by atoms with Crippen LogP contribution in [0.1, 0.15) is 16.7 Å². The van der Waals surface area contributed by atoms with E-state index in [-0.39, 0.29) is 6.10 Å². The molecule has 1 atom stereocenters. The summed E-state index contributed by atoms with van der Waals surface area (Å²) in [7, 11) is 0. The van der Waals surface area contributed by atoms with Gasteiger partial charge in [-0.15, -0.1) is 0 Å². The number of alkyl halides is 3. The lowest BCUT2D eigenvalue weighted by Gasteiger charge is -2.12. The second-order valence-corrected chi connectivity index (χ2v) is 6.49. The van der Waals surface area contributed by atoms with Crippen LogP contribution in [0.2, 0.25) is 0 Å². The molecule has 138 valence electrons. The molecule has 1 heterocycles. The third-order valence-electron chi connectivity index (χ3n) is 4.61. The number of hydrogen-bond acceptors (Lipinski definition) is 4. The van der Waals surface area contributed by atoms with Crippen molar-refractivity contribution in [3.8, 4) is 11.3 Å². The quantitative estimate of drug-likeness (QED) is 0.718. The highest BCUT2D eigenvalue weighted by Crippen LogP contribution is 2.32. The van der Waals surface area contributed by atoms with Crippen molar-refractivity contribution in [3.63, 3.8) is 0 Å². The number of benzene rings is 2. The maximum atomic E-state index is 12.7. The van der Waals surface area contributed by atoms with Crippen LogP contribution in [0, 0.1) is 0 Å². The smallest absolute Gasteiger partial charge is 0.392 e. The van der Waals surface area contributed by atoms with Crippen molar-refractivity contribution in [2.45, 2.75) is 25.1 Å². The van der Waals surface area contributed by atoms with Crippen LogP contribution in [0.15, 0.2) is 54.9 Å². The number of nitrogens with one attached hydrogen (secondary N) is 1. The van der Waals surface area contributed by atoms with E-state index in [1.165, 1.54) is 18.5 Å². The molecule has 0 bridgehead atoms. The molecule has 0 unspecified atom stereocenters. The highest BCUT2D eigenvalue weighted by Gasteiger charge is 2.30. The lowest BCUT2D eigenvalue weighted by Crippen LogP contribution is -2.04. The Balaban J connectivity index is 1.60.